The number of nitrogens with zero attached hydrogens (tertiary/aromatic N) is 2. The van der Waals surface area contributed by atoms with Crippen LogP contribution in [-0.2, 0) is 12.8 Å². The summed E-state index contributed by atoms with van der Waals surface area (Å²) in [5, 5.41) is 7.13. The molecule has 1 aromatic heterocycles. The Bertz CT molecular complexity index is 528. The van der Waals surface area contributed by atoms with Crippen LogP contribution in [0.25, 0.3) is 0 Å². The molecular weight excluding hydrogens is 242 g/mol. The number of rotatable bonds is 5. The van der Waals surface area contributed by atoms with Crippen LogP contribution >= 0.6 is 0 Å². The quantitative estimate of drug-likeness (QED) is 0.831. The summed E-state index contributed by atoms with van der Waals surface area (Å²) >= 11 is 0. The standard InChI is InChI=1S/C14H17N3O2/c1-15-8-4-7-13-16-14(17-19-13)12-9-10-5-2-3-6-11(10)18-12/h2-3,5-6,12,15H,4,7-9H2,1H3. The molecule has 0 aliphatic carbocycles. The normalized spacial score (nSPS) is 17.2. The lowest BCUT2D eigenvalue weighted by atomic mass is 10.1. The van der Waals surface area contributed by atoms with Crippen molar-refractivity contribution in [2.45, 2.75) is 25.4 Å². The van der Waals surface area contributed by atoms with E-state index in [9.17, 15) is 0 Å². The van der Waals surface area contributed by atoms with Crippen molar-refractivity contribution in [1.82, 2.24) is 15.5 Å². The van der Waals surface area contributed by atoms with Crippen LogP contribution in [0.1, 0.15) is 29.8 Å². The Morgan fingerprint density at radius 1 is 1.37 bits per heavy atom. The highest BCUT2D eigenvalue weighted by Crippen LogP contribution is 2.35. The lowest BCUT2D eigenvalue weighted by Crippen LogP contribution is -2.08. The van der Waals surface area contributed by atoms with E-state index in [1.807, 2.05) is 25.2 Å². The Labute approximate surface area is 112 Å². The van der Waals surface area contributed by atoms with Crippen LogP contribution in [0.4, 0.5) is 0 Å². The van der Waals surface area contributed by atoms with E-state index in [0.717, 1.165) is 31.6 Å². The molecule has 0 amide bonds. The van der Waals surface area contributed by atoms with Crippen LogP contribution in [0, 0.1) is 0 Å². The highest BCUT2D eigenvalue weighted by atomic mass is 16.5. The smallest absolute Gasteiger partial charge is 0.226 e. The van der Waals surface area contributed by atoms with Crippen LogP contribution in [-0.4, -0.2) is 23.7 Å². The lowest BCUT2D eigenvalue weighted by Gasteiger charge is -2.04. The van der Waals surface area contributed by atoms with Gasteiger partial charge in [-0.2, -0.15) is 4.98 Å². The Kier molecular flexibility index (Phi) is 3.46. The van der Waals surface area contributed by atoms with Crippen molar-refractivity contribution in [2.24, 2.45) is 0 Å². The second kappa shape index (κ2) is 5.40. The van der Waals surface area contributed by atoms with Gasteiger partial charge in [0.1, 0.15) is 5.75 Å². The third-order valence-corrected chi connectivity index (χ3v) is 3.24. The summed E-state index contributed by atoms with van der Waals surface area (Å²) in [6, 6.07) is 8.04. The molecule has 0 fully saturated rings. The van der Waals surface area contributed by atoms with Gasteiger partial charge in [0.25, 0.3) is 0 Å². The van der Waals surface area contributed by atoms with E-state index in [2.05, 4.69) is 21.5 Å². The molecule has 2 heterocycles. The molecule has 3 rings (SSSR count). The number of para-hydroxylation sites is 1. The van der Waals surface area contributed by atoms with Crippen molar-refractivity contribution in [2.75, 3.05) is 13.6 Å². The first kappa shape index (κ1) is 12.2. The van der Waals surface area contributed by atoms with Crippen molar-refractivity contribution >= 4 is 0 Å². The fourth-order valence-corrected chi connectivity index (χ4v) is 2.24. The second-order valence-corrected chi connectivity index (χ2v) is 4.67. The second-order valence-electron chi connectivity index (χ2n) is 4.67. The number of hydrogen-bond donors (Lipinski definition) is 1. The summed E-state index contributed by atoms with van der Waals surface area (Å²) in [6.07, 6.45) is 2.49. The average molecular weight is 259 g/mol. The Morgan fingerprint density at radius 3 is 3.11 bits per heavy atom. The van der Waals surface area contributed by atoms with Crippen LogP contribution < -0.4 is 10.1 Å². The first-order chi connectivity index (χ1) is 9.36. The van der Waals surface area contributed by atoms with E-state index >= 15 is 0 Å². The molecule has 0 saturated heterocycles. The zero-order valence-corrected chi connectivity index (χ0v) is 10.9. The third-order valence-electron chi connectivity index (χ3n) is 3.24. The van der Waals surface area contributed by atoms with Crippen LogP contribution in [0.5, 0.6) is 5.75 Å². The van der Waals surface area contributed by atoms with E-state index < -0.39 is 0 Å². The molecule has 1 aliphatic heterocycles. The van der Waals surface area contributed by atoms with Crippen molar-refractivity contribution in [3.8, 4) is 5.75 Å². The predicted octanol–water partition coefficient (Wildman–Crippen LogP) is 1.90. The van der Waals surface area contributed by atoms with Gasteiger partial charge in [0, 0.05) is 12.8 Å². The summed E-state index contributed by atoms with van der Waals surface area (Å²) in [4.78, 5) is 4.42. The Balaban J connectivity index is 1.65. The summed E-state index contributed by atoms with van der Waals surface area (Å²) in [7, 11) is 1.93. The van der Waals surface area contributed by atoms with Gasteiger partial charge < -0.3 is 14.6 Å². The van der Waals surface area contributed by atoms with E-state index in [0.29, 0.717) is 11.7 Å². The number of benzene rings is 1. The number of aromatic nitrogens is 2. The molecule has 0 radical (unpaired) electrons. The van der Waals surface area contributed by atoms with Gasteiger partial charge in [-0.15, -0.1) is 0 Å². The minimum Gasteiger partial charge on any atom is -0.482 e. The first-order valence-electron chi connectivity index (χ1n) is 6.58. The van der Waals surface area contributed by atoms with E-state index in [1.165, 1.54) is 5.56 Å². The molecule has 0 bridgehead atoms. The summed E-state index contributed by atoms with van der Waals surface area (Å²) in [5.74, 6) is 2.26. The largest absolute Gasteiger partial charge is 0.482 e. The number of ether oxygens (including phenoxy) is 1. The third kappa shape index (κ3) is 2.61. The molecule has 2 aromatic rings. The summed E-state index contributed by atoms with van der Waals surface area (Å²) in [5.41, 5.74) is 1.20. The molecule has 0 saturated carbocycles. The van der Waals surface area contributed by atoms with Crippen molar-refractivity contribution < 1.29 is 9.26 Å². The molecule has 5 heteroatoms. The molecule has 0 spiro atoms. The van der Waals surface area contributed by atoms with Crippen molar-refractivity contribution in [3.63, 3.8) is 0 Å². The first-order valence-corrected chi connectivity index (χ1v) is 6.58. The minimum absolute atomic E-state index is 0.112. The zero-order chi connectivity index (χ0) is 13.1. The number of hydrogen-bond acceptors (Lipinski definition) is 5. The van der Waals surface area contributed by atoms with Crippen molar-refractivity contribution in [1.29, 1.82) is 0 Å². The molecule has 100 valence electrons. The molecule has 1 aromatic carbocycles. The zero-order valence-electron chi connectivity index (χ0n) is 10.9. The molecular formula is C14H17N3O2. The molecule has 1 atom stereocenters. The molecule has 1 N–H and O–H groups in total. The lowest BCUT2D eigenvalue weighted by molar-refractivity contribution is 0.221. The maximum atomic E-state index is 5.83. The number of fused-ring (bicyclic) bond motifs is 1. The Hall–Kier alpha value is -1.88. The van der Waals surface area contributed by atoms with E-state index in [1.54, 1.807) is 0 Å². The average Bonchev–Trinajstić information content (AvgIpc) is 3.04. The maximum Gasteiger partial charge on any atom is 0.226 e. The molecule has 19 heavy (non-hydrogen) atoms. The minimum atomic E-state index is -0.112. The SMILES string of the molecule is CNCCCc1nc(C2Cc3ccccc3O2)no1. The van der Waals surface area contributed by atoms with E-state index in [4.69, 9.17) is 9.26 Å². The maximum absolute atomic E-state index is 5.83. The molecule has 1 unspecified atom stereocenters. The molecule has 1 aliphatic rings. The predicted molar refractivity (Wildman–Crippen MR) is 70.1 cm³/mol. The van der Waals surface area contributed by atoms with Crippen LogP contribution in [0.15, 0.2) is 28.8 Å². The fourth-order valence-electron chi connectivity index (χ4n) is 2.24. The summed E-state index contributed by atoms with van der Waals surface area (Å²) < 4.78 is 11.1. The van der Waals surface area contributed by atoms with Gasteiger partial charge in [-0.3, -0.25) is 0 Å². The highest BCUT2D eigenvalue weighted by Gasteiger charge is 2.27. The van der Waals surface area contributed by atoms with Gasteiger partial charge in [-0.1, -0.05) is 23.4 Å². The van der Waals surface area contributed by atoms with Gasteiger partial charge in [-0.25, -0.2) is 0 Å². The van der Waals surface area contributed by atoms with Crippen LogP contribution in [0.3, 0.4) is 0 Å². The molecule has 5 nitrogen and oxygen atoms in total. The van der Waals surface area contributed by atoms with Crippen LogP contribution in [0.2, 0.25) is 0 Å². The van der Waals surface area contributed by atoms with Gasteiger partial charge in [0.05, 0.1) is 0 Å². The fraction of sp³-hybridized carbons (Fsp3) is 0.429. The van der Waals surface area contributed by atoms with Gasteiger partial charge in [0.2, 0.25) is 11.7 Å². The highest BCUT2D eigenvalue weighted by molar-refractivity contribution is 5.37. The van der Waals surface area contributed by atoms with Gasteiger partial charge >= 0.3 is 0 Å². The summed E-state index contributed by atoms with van der Waals surface area (Å²) in [6.45, 7) is 0.948. The van der Waals surface area contributed by atoms with Gasteiger partial charge in [0.15, 0.2) is 6.10 Å². The monoisotopic (exact) mass is 259 g/mol. The topological polar surface area (TPSA) is 60.2 Å². The van der Waals surface area contributed by atoms with Crippen molar-refractivity contribution in [3.05, 3.63) is 41.5 Å². The van der Waals surface area contributed by atoms with Gasteiger partial charge in [-0.05, 0) is 31.6 Å². The number of aryl methyl sites for hydroxylation is 1. The Morgan fingerprint density at radius 2 is 2.26 bits per heavy atom. The van der Waals surface area contributed by atoms with E-state index in [-0.39, 0.29) is 6.10 Å². The number of nitrogens with one attached hydrogen (secondary N) is 1.